The molecule has 1 unspecified atom stereocenters. The molecule has 1 aromatic carbocycles. The van der Waals surface area contributed by atoms with Crippen molar-refractivity contribution in [1.29, 1.82) is 0 Å². The highest BCUT2D eigenvalue weighted by Crippen LogP contribution is 2.22. The quantitative estimate of drug-likeness (QED) is 0.477. The van der Waals surface area contributed by atoms with Crippen LogP contribution in [0.3, 0.4) is 0 Å². The molecule has 1 heterocycles. The lowest BCUT2D eigenvalue weighted by Gasteiger charge is -2.15. The highest BCUT2D eigenvalue weighted by Gasteiger charge is 2.12. The molecule has 0 aliphatic heterocycles. The molecule has 0 fully saturated rings. The third-order valence-electron chi connectivity index (χ3n) is 2.86. The molecule has 6 heteroatoms. The zero-order valence-electron chi connectivity index (χ0n) is 11.2. The summed E-state index contributed by atoms with van der Waals surface area (Å²) in [5, 5.41) is 8.02. The molecule has 0 bridgehead atoms. The first-order valence-corrected chi connectivity index (χ1v) is 7.25. The van der Waals surface area contributed by atoms with Crippen molar-refractivity contribution in [2.75, 3.05) is 5.75 Å². The minimum Gasteiger partial charge on any atom is -0.271 e. The highest BCUT2D eigenvalue weighted by molar-refractivity contribution is 7.99. The first-order valence-electron chi connectivity index (χ1n) is 6.27. The summed E-state index contributed by atoms with van der Waals surface area (Å²) in [4.78, 5) is 1.28. The molecule has 0 amide bonds. The Morgan fingerprint density at radius 1 is 1.37 bits per heavy atom. The first-order chi connectivity index (χ1) is 9.22. The number of aromatic nitrogens is 3. The van der Waals surface area contributed by atoms with Gasteiger partial charge in [0.1, 0.15) is 0 Å². The van der Waals surface area contributed by atoms with E-state index in [4.69, 9.17) is 5.84 Å². The Morgan fingerprint density at radius 2 is 2.11 bits per heavy atom. The second-order valence-corrected chi connectivity index (χ2v) is 5.65. The van der Waals surface area contributed by atoms with Crippen LogP contribution in [-0.4, -0.2) is 20.7 Å². The minimum atomic E-state index is 0.0531. The maximum atomic E-state index is 5.65. The van der Waals surface area contributed by atoms with Gasteiger partial charge in [0.15, 0.2) is 0 Å². The van der Waals surface area contributed by atoms with E-state index in [0.717, 1.165) is 23.4 Å². The summed E-state index contributed by atoms with van der Waals surface area (Å²) in [5.74, 6) is 6.73. The minimum absolute atomic E-state index is 0.0531. The van der Waals surface area contributed by atoms with Crippen LogP contribution in [-0.2, 0) is 13.5 Å². The monoisotopic (exact) mass is 277 g/mol. The van der Waals surface area contributed by atoms with Gasteiger partial charge in [0.25, 0.3) is 0 Å². The smallest absolute Gasteiger partial charge is 0.0846 e. The van der Waals surface area contributed by atoms with E-state index in [1.807, 2.05) is 25.0 Å². The van der Waals surface area contributed by atoms with Gasteiger partial charge >= 0.3 is 0 Å². The molecule has 19 heavy (non-hydrogen) atoms. The van der Waals surface area contributed by atoms with Crippen LogP contribution in [0.1, 0.15) is 24.2 Å². The van der Waals surface area contributed by atoms with Gasteiger partial charge in [0.05, 0.1) is 11.7 Å². The lowest BCUT2D eigenvalue weighted by Crippen LogP contribution is -2.29. The van der Waals surface area contributed by atoms with Crippen molar-refractivity contribution in [1.82, 2.24) is 20.4 Å². The Hall–Kier alpha value is -1.37. The first kappa shape index (κ1) is 14.0. The summed E-state index contributed by atoms with van der Waals surface area (Å²) in [6, 6.07) is 8.53. The number of hydrogen-bond donors (Lipinski definition) is 2. The van der Waals surface area contributed by atoms with Crippen molar-refractivity contribution in [3.8, 4) is 0 Å². The second-order valence-electron chi connectivity index (χ2n) is 4.31. The zero-order valence-corrected chi connectivity index (χ0v) is 12.0. The van der Waals surface area contributed by atoms with E-state index < -0.39 is 0 Å². The largest absolute Gasteiger partial charge is 0.271 e. The lowest BCUT2D eigenvalue weighted by molar-refractivity contribution is 0.545. The molecule has 0 aliphatic rings. The zero-order chi connectivity index (χ0) is 13.7. The maximum absolute atomic E-state index is 5.65. The van der Waals surface area contributed by atoms with Crippen LogP contribution in [0.15, 0.2) is 35.4 Å². The normalized spacial score (nSPS) is 12.6. The number of nitrogens with two attached hydrogens (primary N) is 1. The van der Waals surface area contributed by atoms with Gasteiger partial charge in [-0.05, 0) is 23.4 Å². The van der Waals surface area contributed by atoms with Crippen LogP contribution < -0.4 is 11.3 Å². The maximum Gasteiger partial charge on any atom is 0.0846 e. The van der Waals surface area contributed by atoms with Crippen LogP contribution in [0, 0.1) is 0 Å². The van der Waals surface area contributed by atoms with Crippen LogP contribution in [0.2, 0.25) is 0 Å². The van der Waals surface area contributed by atoms with Gasteiger partial charge in [0.2, 0.25) is 0 Å². The van der Waals surface area contributed by atoms with Gasteiger partial charge in [-0.25, -0.2) is 0 Å². The standard InChI is InChI=1S/C13H19N5S/c1-3-19-12-6-4-10(5-7-12)13(15-14)8-11-9-18(2)17-16-11/h4-7,9,13,15H,3,8,14H2,1-2H3. The van der Waals surface area contributed by atoms with E-state index in [1.165, 1.54) is 4.90 Å². The average molecular weight is 277 g/mol. The third kappa shape index (κ3) is 3.79. The summed E-state index contributed by atoms with van der Waals surface area (Å²) >= 11 is 1.83. The van der Waals surface area contributed by atoms with E-state index in [0.29, 0.717) is 0 Å². The molecule has 0 radical (unpaired) electrons. The van der Waals surface area contributed by atoms with Gasteiger partial charge in [-0.15, -0.1) is 16.9 Å². The SMILES string of the molecule is CCSc1ccc(C(Cc2cn(C)nn2)NN)cc1. The van der Waals surface area contributed by atoms with Crippen molar-refractivity contribution < 1.29 is 0 Å². The van der Waals surface area contributed by atoms with E-state index in [1.54, 1.807) is 4.68 Å². The molecule has 1 aromatic heterocycles. The Bertz CT molecular complexity index is 508. The van der Waals surface area contributed by atoms with Gasteiger partial charge in [-0.3, -0.25) is 16.0 Å². The van der Waals surface area contributed by atoms with Crippen molar-refractivity contribution in [3.63, 3.8) is 0 Å². The topological polar surface area (TPSA) is 68.8 Å². The van der Waals surface area contributed by atoms with Gasteiger partial charge in [0, 0.05) is 24.6 Å². The summed E-state index contributed by atoms with van der Waals surface area (Å²) in [5.41, 5.74) is 4.93. The second kappa shape index (κ2) is 6.70. The fraction of sp³-hybridized carbons (Fsp3) is 0.385. The molecular weight excluding hydrogens is 258 g/mol. The van der Waals surface area contributed by atoms with Crippen LogP contribution >= 0.6 is 11.8 Å². The predicted octanol–water partition coefficient (Wildman–Crippen LogP) is 1.67. The third-order valence-corrected chi connectivity index (χ3v) is 3.75. The van der Waals surface area contributed by atoms with Crippen LogP contribution in [0.4, 0.5) is 0 Å². The van der Waals surface area contributed by atoms with Gasteiger partial charge in [-0.1, -0.05) is 24.3 Å². The Morgan fingerprint density at radius 3 is 2.63 bits per heavy atom. The Labute approximate surface area is 117 Å². The molecular formula is C13H19N5S. The molecule has 0 saturated carbocycles. The molecule has 0 spiro atoms. The average Bonchev–Trinajstić information content (AvgIpc) is 2.83. The van der Waals surface area contributed by atoms with Crippen LogP contribution in [0.25, 0.3) is 0 Å². The number of aryl methyl sites for hydroxylation is 1. The predicted molar refractivity (Wildman–Crippen MR) is 77.6 cm³/mol. The number of thioether (sulfide) groups is 1. The van der Waals surface area contributed by atoms with Crippen LogP contribution in [0.5, 0.6) is 0 Å². The fourth-order valence-corrected chi connectivity index (χ4v) is 2.60. The molecule has 0 saturated heterocycles. The Kier molecular flexibility index (Phi) is 4.95. The molecule has 5 nitrogen and oxygen atoms in total. The molecule has 2 rings (SSSR count). The summed E-state index contributed by atoms with van der Waals surface area (Å²) in [6.07, 6.45) is 2.64. The molecule has 1 atom stereocenters. The summed E-state index contributed by atoms with van der Waals surface area (Å²) in [7, 11) is 1.86. The number of hydrazine groups is 1. The van der Waals surface area contributed by atoms with Crippen molar-refractivity contribution in [2.45, 2.75) is 24.3 Å². The van der Waals surface area contributed by atoms with E-state index in [-0.39, 0.29) is 6.04 Å². The Balaban J connectivity index is 2.08. The molecule has 0 aliphatic carbocycles. The number of benzene rings is 1. The van der Waals surface area contributed by atoms with Crippen molar-refractivity contribution >= 4 is 11.8 Å². The molecule has 3 N–H and O–H groups in total. The number of hydrogen-bond acceptors (Lipinski definition) is 5. The van der Waals surface area contributed by atoms with Crippen molar-refractivity contribution in [2.24, 2.45) is 12.9 Å². The molecule has 102 valence electrons. The fourth-order valence-electron chi connectivity index (χ4n) is 1.93. The number of nitrogens with zero attached hydrogens (tertiary/aromatic N) is 3. The molecule has 2 aromatic rings. The van der Waals surface area contributed by atoms with Gasteiger partial charge < -0.3 is 0 Å². The lowest BCUT2D eigenvalue weighted by atomic mass is 10.0. The summed E-state index contributed by atoms with van der Waals surface area (Å²) < 4.78 is 1.70. The van der Waals surface area contributed by atoms with Crippen molar-refractivity contribution in [3.05, 3.63) is 41.7 Å². The number of nitrogens with one attached hydrogen (secondary N) is 1. The number of rotatable bonds is 6. The highest BCUT2D eigenvalue weighted by atomic mass is 32.2. The van der Waals surface area contributed by atoms with E-state index >= 15 is 0 Å². The van der Waals surface area contributed by atoms with Gasteiger partial charge in [-0.2, -0.15) is 0 Å². The van der Waals surface area contributed by atoms with E-state index in [9.17, 15) is 0 Å². The van der Waals surface area contributed by atoms with E-state index in [2.05, 4.69) is 46.9 Å². The summed E-state index contributed by atoms with van der Waals surface area (Å²) in [6.45, 7) is 2.15.